The summed E-state index contributed by atoms with van der Waals surface area (Å²) in [5.41, 5.74) is 1.74. The average Bonchev–Trinajstić information content (AvgIpc) is 2.45. The molecule has 1 amide bonds. The van der Waals surface area contributed by atoms with E-state index in [-0.39, 0.29) is 5.91 Å². The van der Waals surface area contributed by atoms with Crippen LogP contribution in [0.3, 0.4) is 0 Å². The number of hydrogen-bond acceptors (Lipinski definition) is 3. The molecule has 1 rings (SSSR count). The number of thioether (sulfide) groups is 1. The van der Waals surface area contributed by atoms with Crippen molar-refractivity contribution in [1.29, 1.82) is 0 Å². The summed E-state index contributed by atoms with van der Waals surface area (Å²) in [6.07, 6.45) is 2.10. The zero-order valence-electron chi connectivity index (χ0n) is 11.9. The lowest BCUT2D eigenvalue weighted by molar-refractivity contribution is 0.0953. The first-order chi connectivity index (χ1) is 9.27. The molecule has 0 aromatic heterocycles. The molecule has 1 aromatic rings. The average molecular weight is 280 g/mol. The van der Waals surface area contributed by atoms with Gasteiger partial charge in [0.25, 0.3) is 5.91 Å². The van der Waals surface area contributed by atoms with Gasteiger partial charge in [-0.1, -0.05) is 19.9 Å². The van der Waals surface area contributed by atoms with Gasteiger partial charge in [-0.3, -0.25) is 4.79 Å². The minimum atomic E-state index is 0.00652. The van der Waals surface area contributed by atoms with Crippen molar-refractivity contribution < 1.29 is 4.79 Å². The largest absolute Gasteiger partial charge is 0.385 e. The van der Waals surface area contributed by atoms with Gasteiger partial charge in [-0.15, -0.1) is 0 Å². The summed E-state index contributed by atoms with van der Waals surface area (Å²) in [4.78, 5) is 11.8. The number of benzene rings is 1. The zero-order valence-corrected chi connectivity index (χ0v) is 12.7. The first kappa shape index (κ1) is 15.9. The van der Waals surface area contributed by atoms with Gasteiger partial charge >= 0.3 is 0 Å². The Labute approximate surface area is 120 Å². The molecular weight excluding hydrogens is 256 g/mol. The second-order valence-corrected chi connectivity index (χ2v) is 5.71. The van der Waals surface area contributed by atoms with Crippen LogP contribution in [0.1, 0.15) is 37.0 Å². The van der Waals surface area contributed by atoms with E-state index >= 15 is 0 Å². The normalized spacial score (nSPS) is 10.2. The monoisotopic (exact) mass is 280 g/mol. The van der Waals surface area contributed by atoms with Crippen LogP contribution in [0.15, 0.2) is 24.3 Å². The van der Waals surface area contributed by atoms with Gasteiger partial charge in [-0.2, -0.15) is 11.8 Å². The summed E-state index contributed by atoms with van der Waals surface area (Å²) < 4.78 is 0. The van der Waals surface area contributed by atoms with E-state index in [1.165, 1.54) is 11.5 Å². The summed E-state index contributed by atoms with van der Waals surface area (Å²) in [5, 5.41) is 6.25. The minimum Gasteiger partial charge on any atom is -0.385 e. The van der Waals surface area contributed by atoms with Gasteiger partial charge in [-0.25, -0.2) is 0 Å². The van der Waals surface area contributed by atoms with E-state index in [4.69, 9.17) is 0 Å². The Morgan fingerprint density at radius 1 is 1.26 bits per heavy atom. The molecular formula is C15H24N2OS. The van der Waals surface area contributed by atoms with Crippen LogP contribution in [-0.4, -0.2) is 30.5 Å². The van der Waals surface area contributed by atoms with Crippen LogP contribution < -0.4 is 10.6 Å². The molecule has 0 aliphatic heterocycles. The van der Waals surface area contributed by atoms with Gasteiger partial charge in [-0.05, 0) is 42.5 Å². The van der Waals surface area contributed by atoms with Crippen molar-refractivity contribution in [2.24, 2.45) is 0 Å². The molecule has 0 spiro atoms. The highest BCUT2D eigenvalue weighted by Gasteiger charge is 2.04. The molecule has 19 heavy (non-hydrogen) atoms. The Kier molecular flexibility index (Phi) is 8.14. The smallest absolute Gasteiger partial charge is 0.251 e. The standard InChI is InChI=1S/C15H24N2OS/c1-3-9-17-15(18)13-7-5-8-14(12-13)16-10-6-11-19-4-2/h5,7-8,12,16H,3-4,6,9-11H2,1-2H3,(H,17,18). The lowest BCUT2D eigenvalue weighted by atomic mass is 10.2. The lowest BCUT2D eigenvalue weighted by Gasteiger charge is -2.08. The predicted octanol–water partition coefficient (Wildman–Crippen LogP) is 3.38. The van der Waals surface area contributed by atoms with Crippen LogP contribution >= 0.6 is 11.8 Å². The summed E-state index contributed by atoms with van der Waals surface area (Å²) >= 11 is 1.96. The molecule has 0 aliphatic carbocycles. The van der Waals surface area contributed by atoms with Crippen LogP contribution in [0, 0.1) is 0 Å². The van der Waals surface area contributed by atoms with Gasteiger partial charge in [0.1, 0.15) is 0 Å². The number of carbonyl (C=O) groups excluding carboxylic acids is 1. The molecule has 0 fully saturated rings. The molecule has 0 unspecified atom stereocenters. The number of carbonyl (C=O) groups is 1. The Bertz CT molecular complexity index is 382. The van der Waals surface area contributed by atoms with Crippen molar-refractivity contribution >= 4 is 23.4 Å². The quantitative estimate of drug-likeness (QED) is 0.681. The van der Waals surface area contributed by atoms with Gasteiger partial charge in [0.05, 0.1) is 0 Å². The van der Waals surface area contributed by atoms with E-state index in [0.29, 0.717) is 0 Å². The predicted molar refractivity (Wildman–Crippen MR) is 85.2 cm³/mol. The second-order valence-electron chi connectivity index (χ2n) is 4.31. The van der Waals surface area contributed by atoms with Crippen LogP contribution in [0.25, 0.3) is 0 Å². The molecule has 0 aliphatic rings. The molecule has 0 saturated carbocycles. The molecule has 1 aromatic carbocycles. The summed E-state index contributed by atoms with van der Waals surface area (Å²) in [6.45, 7) is 5.90. The number of amides is 1. The van der Waals surface area contributed by atoms with Crippen molar-refractivity contribution in [3.63, 3.8) is 0 Å². The highest BCUT2D eigenvalue weighted by molar-refractivity contribution is 7.99. The van der Waals surface area contributed by atoms with Gasteiger partial charge in [0.15, 0.2) is 0 Å². The summed E-state index contributed by atoms with van der Waals surface area (Å²) in [5.74, 6) is 2.36. The van der Waals surface area contributed by atoms with E-state index in [2.05, 4.69) is 17.6 Å². The molecule has 3 nitrogen and oxygen atoms in total. The number of nitrogens with one attached hydrogen (secondary N) is 2. The van der Waals surface area contributed by atoms with Gasteiger partial charge in [0, 0.05) is 24.3 Å². The van der Waals surface area contributed by atoms with Gasteiger partial charge < -0.3 is 10.6 Å². The minimum absolute atomic E-state index is 0.00652. The van der Waals surface area contributed by atoms with Crippen LogP contribution in [0.5, 0.6) is 0 Å². The maximum absolute atomic E-state index is 11.8. The molecule has 0 radical (unpaired) electrons. The molecule has 0 atom stereocenters. The third-order valence-corrected chi connectivity index (χ3v) is 3.64. The van der Waals surface area contributed by atoms with Crippen molar-refractivity contribution in [2.45, 2.75) is 26.7 Å². The fraction of sp³-hybridized carbons (Fsp3) is 0.533. The van der Waals surface area contributed by atoms with Crippen LogP contribution in [-0.2, 0) is 0 Å². The Hall–Kier alpha value is -1.16. The molecule has 106 valence electrons. The summed E-state index contributed by atoms with van der Waals surface area (Å²) in [7, 11) is 0. The molecule has 0 saturated heterocycles. The first-order valence-electron chi connectivity index (χ1n) is 6.97. The fourth-order valence-corrected chi connectivity index (χ4v) is 2.30. The number of rotatable bonds is 9. The van der Waals surface area contributed by atoms with Crippen LogP contribution in [0.4, 0.5) is 5.69 Å². The zero-order chi connectivity index (χ0) is 13.9. The van der Waals surface area contributed by atoms with Crippen molar-refractivity contribution in [3.8, 4) is 0 Å². The third-order valence-electron chi connectivity index (χ3n) is 2.66. The molecule has 4 heteroatoms. The number of hydrogen-bond donors (Lipinski definition) is 2. The molecule has 0 heterocycles. The Morgan fingerprint density at radius 2 is 2.11 bits per heavy atom. The van der Waals surface area contributed by atoms with E-state index in [1.54, 1.807) is 0 Å². The van der Waals surface area contributed by atoms with E-state index in [0.717, 1.165) is 37.2 Å². The maximum atomic E-state index is 11.8. The Balaban J connectivity index is 2.41. The second kappa shape index (κ2) is 9.73. The first-order valence-corrected chi connectivity index (χ1v) is 8.13. The fourth-order valence-electron chi connectivity index (χ4n) is 1.66. The maximum Gasteiger partial charge on any atom is 0.251 e. The highest BCUT2D eigenvalue weighted by Crippen LogP contribution is 2.11. The van der Waals surface area contributed by atoms with E-state index in [9.17, 15) is 4.79 Å². The van der Waals surface area contributed by atoms with Crippen molar-refractivity contribution in [1.82, 2.24) is 5.32 Å². The molecule has 0 bridgehead atoms. The highest BCUT2D eigenvalue weighted by atomic mass is 32.2. The number of anilines is 1. The van der Waals surface area contributed by atoms with Gasteiger partial charge in [0.2, 0.25) is 0 Å². The van der Waals surface area contributed by atoms with Crippen molar-refractivity contribution in [3.05, 3.63) is 29.8 Å². The topological polar surface area (TPSA) is 41.1 Å². The SMILES string of the molecule is CCCNC(=O)c1cccc(NCCCSCC)c1. The lowest BCUT2D eigenvalue weighted by Crippen LogP contribution is -2.23. The van der Waals surface area contributed by atoms with E-state index in [1.807, 2.05) is 43.0 Å². The third kappa shape index (κ3) is 6.53. The Morgan fingerprint density at radius 3 is 2.84 bits per heavy atom. The van der Waals surface area contributed by atoms with Crippen molar-refractivity contribution in [2.75, 3.05) is 29.9 Å². The molecule has 2 N–H and O–H groups in total. The summed E-state index contributed by atoms with van der Waals surface area (Å²) in [6, 6.07) is 7.69. The van der Waals surface area contributed by atoms with Crippen LogP contribution in [0.2, 0.25) is 0 Å². The van der Waals surface area contributed by atoms with E-state index < -0.39 is 0 Å².